The highest BCUT2D eigenvalue weighted by Crippen LogP contribution is 2.13. The van der Waals surface area contributed by atoms with Crippen molar-refractivity contribution in [2.24, 2.45) is 0 Å². The van der Waals surface area contributed by atoms with Gasteiger partial charge in [0.2, 0.25) is 0 Å². The van der Waals surface area contributed by atoms with E-state index in [9.17, 15) is 14.0 Å². The largest absolute Gasteiger partial charge is 0.295 e. The van der Waals surface area contributed by atoms with E-state index in [1.807, 2.05) is 0 Å². The zero-order valence-electron chi connectivity index (χ0n) is 8.00. The molecule has 1 aromatic rings. The summed E-state index contributed by atoms with van der Waals surface area (Å²) >= 11 is 5.49. The van der Waals surface area contributed by atoms with Gasteiger partial charge in [0.15, 0.2) is 12.1 Å². The van der Waals surface area contributed by atoms with Gasteiger partial charge in [0.05, 0.1) is 5.88 Å². The lowest BCUT2D eigenvalue weighted by Crippen LogP contribution is -2.01. The number of halogens is 2. The smallest absolute Gasteiger partial charge is 0.195 e. The number of ketones is 1. The summed E-state index contributed by atoms with van der Waals surface area (Å²) in [4.78, 5) is 20.8. The van der Waals surface area contributed by atoms with Crippen molar-refractivity contribution >= 4 is 23.7 Å². The summed E-state index contributed by atoms with van der Waals surface area (Å²) in [6, 6.07) is 4.64. The Morgan fingerprint density at radius 2 is 2.20 bits per heavy atom. The van der Waals surface area contributed by atoms with Crippen LogP contribution in [0.1, 0.15) is 17.5 Å². The molecule has 0 radical (unpaired) electrons. The second kappa shape index (κ2) is 5.61. The zero-order valence-corrected chi connectivity index (χ0v) is 8.76. The monoisotopic (exact) mass is 228 g/mol. The SMILES string of the molecule is O=CC(=O)CCc1ccc(CCl)c(F)c1. The van der Waals surface area contributed by atoms with E-state index in [0.717, 1.165) is 0 Å². The highest BCUT2D eigenvalue weighted by Gasteiger charge is 2.04. The van der Waals surface area contributed by atoms with Gasteiger partial charge in [-0.1, -0.05) is 12.1 Å². The van der Waals surface area contributed by atoms with E-state index in [-0.39, 0.29) is 24.4 Å². The molecule has 0 fully saturated rings. The summed E-state index contributed by atoms with van der Waals surface area (Å²) in [5.74, 6) is -0.725. The summed E-state index contributed by atoms with van der Waals surface area (Å²) < 4.78 is 13.2. The number of rotatable bonds is 5. The van der Waals surface area contributed by atoms with Crippen molar-refractivity contribution in [2.75, 3.05) is 0 Å². The number of hydrogen-bond acceptors (Lipinski definition) is 2. The second-order valence-electron chi connectivity index (χ2n) is 3.14. The molecule has 0 aliphatic rings. The summed E-state index contributed by atoms with van der Waals surface area (Å²) in [5, 5.41) is 0. The molecule has 0 heterocycles. The maximum Gasteiger partial charge on any atom is 0.195 e. The minimum Gasteiger partial charge on any atom is -0.295 e. The topological polar surface area (TPSA) is 34.1 Å². The van der Waals surface area contributed by atoms with Gasteiger partial charge in [-0.05, 0) is 18.1 Å². The zero-order chi connectivity index (χ0) is 11.3. The molecule has 0 amide bonds. The second-order valence-corrected chi connectivity index (χ2v) is 3.41. The summed E-state index contributed by atoms with van der Waals surface area (Å²) in [5.41, 5.74) is 1.12. The average molecular weight is 229 g/mol. The van der Waals surface area contributed by atoms with E-state index in [1.165, 1.54) is 6.07 Å². The fourth-order valence-electron chi connectivity index (χ4n) is 1.18. The van der Waals surface area contributed by atoms with Gasteiger partial charge in [-0.25, -0.2) is 4.39 Å². The lowest BCUT2D eigenvalue weighted by molar-refractivity contribution is -0.129. The number of carbonyl (C=O) groups excluding carboxylic acids is 2. The number of Topliss-reactive ketones (excluding diaryl/α,β-unsaturated/α-hetero) is 1. The maximum atomic E-state index is 13.2. The Morgan fingerprint density at radius 1 is 1.47 bits per heavy atom. The molecular weight excluding hydrogens is 219 g/mol. The normalized spacial score (nSPS) is 10.0. The van der Waals surface area contributed by atoms with Gasteiger partial charge in [-0.15, -0.1) is 11.6 Å². The van der Waals surface area contributed by atoms with Gasteiger partial charge in [0.25, 0.3) is 0 Å². The minimum absolute atomic E-state index is 0.114. The van der Waals surface area contributed by atoms with Crippen molar-refractivity contribution < 1.29 is 14.0 Å². The molecule has 0 unspecified atom stereocenters. The lowest BCUT2D eigenvalue weighted by Gasteiger charge is -2.02. The molecule has 0 aliphatic heterocycles. The van der Waals surface area contributed by atoms with Crippen molar-refractivity contribution in [3.05, 3.63) is 35.1 Å². The van der Waals surface area contributed by atoms with Crippen molar-refractivity contribution in [3.8, 4) is 0 Å². The van der Waals surface area contributed by atoms with Crippen molar-refractivity contribution in [2.45, 2.75) is 18.7 Å². The minimum atomic E-state index is -0.475. The Bertz CT molecular complexity index is 377. The highest BCUT2D eigenvalue weighted by molar-refractivity contribution is 6.24. The third-order valence-corrected chi connectivity index (χ3v) is 2.34. The van der Waals surface area contributed by atoms with Crippen LogP contribution in [0.2, 0.25) is 0 Å². The molecule has 0 spiro atoms. The van der Waals surface area contributed by atoms with E-state index < -0.39 is 5.78 Å². The number of hydrogen-bond donors (Lipinski definition) is 0. The number of aryl methyl sites for hydroxylation is 1. The molecule has 1 aromatic carbocycles. The van der Waals surface area contributed by atoms with E-state index in [0.29, 0.717) is 17.5 Å². The van der Waals surface area contributed by atoms with Crippen LogP contribution in [0, 0.1) is 5.82 Å². The Hall–Kier alpha value is -1.22. The Kier molecular flexibility index (Phi) is 4.43. The predicted octanol–water partition coefficient (Wildman–Crippen LogP) is 2.27. The van der Waals surface area contributed by atoms with E-state index in [4.69, 9.17) is 11.6 Å². The molecule has 0 aromatic heterocycles. The molecule has 0 aliphatic carbocycles. The van der Waals surface area contributed by atoms with Gasteiger partial charge in [0, 0.05) is 12.0 Å². The molecule has 15 heavy (non-hydrogen) atoms. The number of carbonyl (C=O) groups is 2. The Morgan fingerprint density at radius 3 is 2.73 bits per heavy atom. The first-order valence-electron chi connectivity index (χ1n) is 4.48. The molecular formula is C11H10ClFO2. The van der Waals surface area contributed by atoms with Gasteiger partial charge in [0.1, 0.15) is 5.82 Å². The molecule has 0 bridgehead atoms. The Labute approximate surface area is 92.0 Å². The molecule has 4 heteroatoms. The van der Waals surface area contributed by atoms with Gasteiger partial charge in [-0.3, -0.25) is 9.59 Å². The summed E-state index contributed by atoms with van der Waals surface area (Å²) in [6.45, 7) is 0. The highest BCUT2D eigenvalue weighted by atomic mass is 35.5. The van der Waals surface area contributed by atoms with Crippen LogP contribution in [0.4, 0.5) is 4.39 Å². The first-order chi connectivity index (χ1) is 7.17. The van der Waals surface area contributed by atoms with Gasteiger partial charge < -0.3 is 0 Å². The predicted molar refractivity (Wildman–Crippen MR) is 55.3 cm³/mol. The van der Waals surface area contributed by atoms with E-state index in [1.54, 1.807) is 12.1 Å². The number of benzene rings is 1. The first-order valence-corrected chi connectivity index (χ1v) is 5.02. The summed E-state index contributed by atoms with van der Waals surface area (Å²) in [6.07, 6.45) is 0.768. The fourth-order valence-corrected chi connectivity index (χ4v) is 1.40. The molecule has 80 valence electrons. The number of aldehydes is 1. The van der Waals surface area contributed by atoms with Crippen LogP contribution < -0.4 is 0 Å². The Balaban J connectivity index is 2.67. The number of alkyl halides is 1. The van der Waals surface area contributed by atoms with Gasteiger partial charge in [-0.2, -0.15) is 0 Å². The van der Waals surface area contributed by atoms with Crippen LogP contribution in [0.5, 0.6) is 0 Å². The van der Waals surface area contributed by atoms with Crippen LogP contribution in [0.15, 0.2) is 18.2 Å². The first kappa shape index (κ1) is 11.9. The summed E-state index contributed by atoms with van der Waals surface area (Å²) in [7, 11) is 0. The third-order valence-electron chi connectivity index (χ3n) is 2.05. The fraction of sp³-hybridized carbons (Fsp3) is 0.273. The van der Waals surface area contributed by atoms with Crippen LogP contribution in [0.25, 0.3) is 0 Å². The molecule has 0 saturated carbocycles. The van der Waals surface area contributed by atoms with Crippen molar-refractivity contribution in [1.82, 2.24) is 0 Å². The lowest BCUT2D eigenvalue weighted by atomic mass is 10.1. The molecule has 0 N–H and O–H groups in total. The van der Waals surface area contributed by atoms with E-state index >= 15 is 0 Å². The van der Waals surface area contributed by atoms with Crippen LogP contribution in [0.3, 0.4) is 0 Å². The van der Waals surface area contributed by atoms with E-state index in [2.05, 4.69) is 0 Å². The molecule has 2 nitrogen and oxygen atoms in total. The van der Waals surface area contributed by atoms with Crippen molar-refractivity contribution in [3.63, 3.8) is 0 Å². The quantitative estimate of drug-likeness (QED) is 0.440. The maximum absolute atomic E-state index is 13.2. The molecule has 0 saturated heterocycles. The molecule has 0 atom stereocenters. The standard InChI is InChI=1S/C11H10ClFO2/c12-6-9-3-1-8(5-11(9)13)2-4-10(15)7-14/h1,3,5,7H,2,4,6H2. The van der Waals surface area contributed by atoms with Crippen LogP contribution in [-0.2, 0) is 21.9 Å². The van der Waals surface area contributed by atoms with Gasteiger partial charge >= 0.3 is 0 Å². The van der Waals surface area contributed by atoms with Crippen molar-refractivity contribution in [1.29, 1.82) is 0 Å². The van der Waals surface area contributed by atoms with Crippen LogP contribution >= 0.6 is 11.6 Å². The molecule has 1 rings (SSSR count). The third kappa shape index (κ3) is 3.44. The van der Waals surface area contributed by atoms with Crippen LogP contribution in [-0.4, -0.2) is 12.1 Å². The average Bonchev–Trinajstić information content (AvgIpc) is 2.26.